The molecule has 1 N–H and O–H groups in total. The molecular weight excluding hydrogens is 396 g/mol. The SMILES string of the molecule is CC(C)Cc1ccc([C@@H](C)NC(=O)COC(=O)c2ccc(Cl)cc2[N+](=O)[O-])cc1. The molecule has 29 heavy (non-hydrogen) atoms. The van der Waals surface area contributed by atoms with Crippen LogP contribution < -0.4 is 5.32 Å². The van der Waals surface area contributed by atoms with E-state index in [2.05, 4.69) is 19.2 Å². The van der Waals surface area contributed by atoms with E-state index < -0.39 is 29.1 Å². The van der Waals surface area contributed by atoms with Gasteiger partial charge in [0.1, 0.15) is 5.56 Å². The van der Waals surface area contributed by atoms with Crippen LogP contribution in [0.5, 0.6) is 0 Å². The predicted octanol–water partition coefficient (Wildman–Crippen LogP) is 4.48. The molecule has 1 amide bonds. The summed E-state index contributed by atoms with van der Waals surface area (Å²) in [5, 5.41) is 13.9. The summed E-state index contributed by atoms with van der Waals surface area (Å²) in [4.78, 5) is 34.6. The average Bonchev–Trinajstić information content (AvgIpc) is 2.66. The first-order chi connectivity index (χ1) is 13.7. The lowest BCUT2D eigenvalue weighted by Gasteiger charge is -2.15. The van der Waals surface area contributed by atoms with Crippen molar-refractivity contribution in [1.82, 2.24) is 5.32 Å². The van der Waals surface area contributed by atoms with Gasteiger partial charge in [0.2, 0.25) is 0 Å². The third-order valence-electron chi connectivity index (χ3n) is 4.21. The minimum atomic E-state index is -0.964. The zero-order valence-electron chi connectivity index (χ0n) is 16.5. The fourth-order valence-electron chi connectivity index (χ4n) is 2.82. The number of benzene rings is 2. The van der Waals surface area contributed by atoms with E-state index in [1.807, 2.05) is 31.2 Å². The molecule has 2 aromatic carbocycles. The number of hydrogen-bond donors (Lipinski definition) is 1. The Morgan fingerprint density at radius 3 is 2.38 bits per heavy atom. The summed E-state index contributed by atoms with van der Waals surface area (Å²) in [6, 6.07) is 11.3. The molecule has 0 heterocycles. The molecule has 2 rings (SSSR count). The summed E-state index contributed by atoms with van der Waals surface area (Å²) in [6.07, 6.45) is 0.980. The molecule has 0 aromatic heterocycles. The molecule has 7 nitrogen and oxygen atoms in total. The smallest absolute Gasteiger partial charge is 0.345 e. The molecule has 0 radical (unpaired) electrons. The summed E-state index contributed by atoms with van der Waals surface area (Å²) < 4.78 is 4.92. The maximum atomic E-state index is 12.1. The highest BCUT2D eigenvalue weighted by molar-refractivity contribution is 6.31. The van der Waals surface area contributed by atoms with Crippen LogP contribution in [-0.4, -0.2) is 23.4 Å². The van der Waals surface area contributed by atoms with E-state index in [1.165, 1.54) is 17.7 Å². The van der Waals surface area contributed by atoms with Gasteiger partial charge in [0.15, 0.2) is 6.61 Å². The first-order valence-corrected chi connectivity index (χ1v) is 9.54. The lowest BCUT2D eigenvalue weighted by molar-refractivity contribution is -0.385. The number of esters is 1. The third-order valence-corrected chi connectivity index (χ3v) is 4.45. The normalized spacial score (nSPS) is 11.8. The Labute approximate surface area is 174 Å². The summed E-state index contributed by atoms with van der Waals surface area (Å²) in [7, 11) is 0. The first-order valence-electron chi connectivity index (χ1n) is 9.16. The second-order valence-corrected chi connectivity index (χ2v) is 7.56. The Kier molecular flexibility index (Phi) is 7.73. The Hall–Kier alpha value is -2.93. The van der Waals surface area contributed by atoms with Crippen LogP contribution in [0.25, 0.3) is 0 Å². The van der Waals surface area contributed by atoms with Crippen molar-refractivity contribution in [3.05, 3.63) is 74.3 Å². The second-order valence-electron chi connectivity index (χ2n) is 7.12. The maximum Gasteiger partial charge on any atom is 0.345 e. The number of hydrogen-bond acceptors (Lipinski definition) is 5. The van der Waals surface area contributed by atoms with Crippen molar-refractivity contribution in [3.63, 3.8) is 0 Å². The third kappa shape index (κ3) is 6.57. The van der Waals surface area contributed by atoms with Crippen molar-refractivity contribution in [2.75, 3.05) is 6.61 Å². The van der Waals surface area contributed by atoms with E-state index in [0.29, 0.717) is 5.92 Å². The Morgan fingerprint density at radius 1 is 1.14 bits per heavy atom. The van der Waals surface area contributed by atoms with Gasteiger partial charge in [0, 0.05) is 11.1 Å². The minimum Gasteiger partial charge on any atom is -0.452 e. The van der Waals surface area contributed by atoms with Crippen LogP contribution in [0.1, 0.15) is 48.3 Å². The van der Waals surface area contributed by atoms with Crippen LogP contribution in [0, 0.1) is 16.0 Å². The molecule has 154 valence electrons. The number of nitrogens with zero attached hydrogens (tertiary/aromatic N) is 1. The molecule has 0 fully saturated rings. The summed E-state index contributed by atoms with van der Waals surface area (Å²) in [5.41, 5.74) is 1.41. The van der Waals surface area contributed by atoms with Crippen LogP contribution in [-0.2, 0) is 16.0 Å². The van der Waals surface area contributed by atoms with Crippen molar-refractivity contribution >= 4 is 29.2 Å². The molecule has 0 saturated heterocycles. The molecule has 2 aromatic rings. The fourth-order valence-corrected chi connectivity index (χ4v) is 2.98. The minimum absolute atomic E-state index is 0.124. The highest BCUT2D eigenvalue weighted by Gasteiger charge is 2.22. The molecule has 0 bridgehead atoms. The largest absolute Gasteiger partial charge is 0.452 e. The van der Waals surface area contributed by atoms with Gasteiger partial charge < -0.3 is 10.1 Å². The number of ether oxygens (including phenoxy) is 1. The number of nitro benzene ring substituents is 1. The van der Waals surface area contributed by atoms with Crippen molar-refractivity contribution in [2.24, 2.45) is 5.92 Å². The van der Waals surface area contributed by atoms with Gasteiger partial charge in [0.25, 0.3) is 11.6 Å². The molecule has 0 spiro atoms. The molecule has 0 saturated carbocycles. The van der Waals surface area contributed by atoms with E-state index in [9.17, 15) is 19.7 Å². The van der Waals surface area contributed by atoms with Crippen molar-refractivity contribution in [2.45, 2.75) is 33.2 Å². The molecule has 0 aliphatic heterocycles. The van der Waals surface area contributed by atoms with Crippen LogP contribution >= 0.6 is 11.6 Å². The molecular formula is C21H23ClN2O5. The predicted molar refractivity (Wildman–Crippen MR) is 110 cm³/mol. The van der Waals surface area contributed by atoms with Crippen molar-refractivity contribution < 1.29 is 19.2 Å². The molecule has 0 aliphatic rings. The number of halogens is 1. The van der Waals surface area contributed by atoms with Crippen LogP contribution in [0.15, 0.2) is 42.5 Å². The van der Waals surface area contributed by atoms with Gasteiger partial charge in [-0.25, -0.2) is 4.79 Å². The summed E-state index contributed by atoms with van der Waals surface area (Å²) >= 11 is 5.72. The fraction of sp³-hybridized carbons (Fsp3) is 0.333. The van der Waals surface area contributed by atoms with Gasteiger partial charge in [0.05, 0.1) is 11.0 Å². The zero-order valence-corrected chi connectivity index (χ0v) is 17.2. The van der Waals surface area contributed by atoms with Gasteiger partial charge in [-0.3, -0.25) is 14.9 Å². The van der Waals surface area contributed by atoms with E-state index in [-0.39, 0.29) is 16.6 Å². The number of amides is 1. The molecule has 0 unspecified atom stereocenters. The number of nitro groups is 1. The molecule has 0 aliphatic carbocycles. The highest BCUT2D eigenvalue weighted by atomic mass is 35.5. The second kappa shape index (κ2) is 10.0. The Balaban J connectivity index is 1.92. The Morgan fingerprint density at radius 2 is 1.79 bits per heavy atom. The maximum absolute atomic E-state index is 12.1. The number of carbonyl (C=O) groups is 2. The number of nitrogens with one attached hydrogen (secondary N) is 1. The van der Waals surface area contributed by atoms with Gasteiger partial charge in [-0.1, -0.05) is 49.7 Å². The van der Waals surface area contributed by atoms with Crippen molar-refractivity contribution in [3.8, 4) is 0 Å². The van der Waals surface area contributed by atoms with Crippen LogP contribution in [0.2, 0.25) is 5.02 Å². The monoisotopic (exact) mass is 418 g/mol. The number of rotatable bonds is 8. The highest BCUT2D eigenvalue weighted by Crippen LogP contribution is 2.24. The van der Waals surface area contributed by atoms with E-state index >= 15 is 0 Å². The molecule has 1 atom stereocenters. The van der Waals surface area contributed by atoms with Crippen LogP contribution in [0.4, 0.5) is 5.69 Å². The van der Waals surface area contributed by atoms with Crippen molar-refractivity contribution in [1.29, 1.82) is 0 Å². The topological polar surface area (TPSA) is 98.5 Å². The quantitative estimate of drug-likeness (QED) is 0.387. The lowest BCUT2D eigenvalue weighted by atomic mass is 10.00. The first kappa shape index (κ1) is 22.4. The Bertz CT molecular complexity index is 896. The molecule has 8 heteroatoms. The average molecular weight is 419 g/mol. The zero-order chi connectivity index (χ0) is 21.6. The standard InChI is InChI=1S/C21H23ClN2O5/c1-13(2)10-15-4-6-16(7-5-15)14(3)23-20(25)12-29-21(26)18-9-8-17(22)11-19(18)24(27)28/h4-9,11,13-14H,10,12H2,1-3H3,(H,23,25)/t14-/m1/s1. The van der Waals surface area contributed by atoms with Gasteiger partial charge >= 0.3 is 5.97 Å². The summed E-state index contributed by atoms with van der Waals surface area (Å²) in [5.74, 6) is -0.910. The summed E-state index contributed by atoms with van der Waals surface area (Å²) in [6.45, 7) is 5.57. The van der Waals surface area contributed by atoms with Crippen LogP contribution in [0.3, 0.4) is 0 Å². The van der Waals surface area contributed by atoms with Gasteiger partial charge in [-0.05, 0) is 42.5 Å². The lowest BCUT2D eigenvalue weighted by Crippen LogP contribution is -2.31. The van der Waals surface area contributed by atoms with Gasteiger partial charge in [-0.15, -0.1) is 0 Å². The van der Waals surface area contributed by atoms with E-state index in [0.717, 1.165) is 18.1 Å². The van der Waals surface area contributed by atoms with E-state index in [4.69, 9.17) is 16.3 Å². The van der Waals surface area contributed by atoms with E-state index in [1.54, 1.807) is 0 Å². The van der Waals surface area contributed by atoms with Gasteiger partial charge in [-0.2, -0.15) is 0 Å². The number of carbonyl (C=O) groups excluding carboxylic acids is 2.